The Bertz CT molecular complexity index is 3420. The molecule has 18 heteroatoms. The van der Waals surface area contributed by atoms with E-state index in [-0.39, 0.29) is 67.2 Å². The summed E-state index contributed by atoms with van der Waals surface area (Å²) in [5.41, 5.74) is -2.29. The van der Waals surface area contributed by atoms with Gasteiger partial charge in [0.2, 0.25) is 0 Å². The van der Waals surface area contributed by atoms with Gasteiger partial charge in [0.1, 0.15) is 15.6 Å². The third-order valence-electron chi connectivity index (χ3n) is 9.59. The summed E-state index contributed by atoms with van der Waals surface area (Å²) in [5.74, 6) is -0.928. The van der Waals surface area contributed by atoms with Crippen molar-refractivity contribution in [2.24, 2.45) is 0 Å². The average molecular weight is 843 g/mol. The van der Waals surface area contributed by atoms with Crippen LogP contribution in [0.25, 0.3) is 27.4 Å². The summed E-state index contributed by atoms with van der Waals surface area (Å²) in [6, 6.07) is 23.5. The molecule has 5 aromatic rings. The molecule has 0 unspecified atom stereocenters. The molecule has 5 aromatic carbocycles. The Kier molecular flexibility index (Phi) is 10.3. The lowest BCUT2D eigenvalue weighted by Gasteiger charge is -2.17. The van der Waals surface area contributed by atoms with Crippen molar-refractivity contribution in [3.05, 3.63) is 156 Å². The number of fused-ring (bicyclic) bond motifs is 2. The molecule has 58 heavy (non-hydrogen) atoms. The van der Waals surface area contributed by atoms with Crippen LogP contribution in [-0.4, -0.2) is 54.8 Å². The quantitative estimate of drug-likeness (QED) is 0.0630. The van der Waals surface area contributed by atoms with Crippen molar-refractivity contribution >= 4 is 74.9 Å². The number of aromatic nitrogens is 1. The maximum Gasteiger partial charge on any atom is 0.296 e. The van der Waals surface area contributed by atoms with E-state index in [0.717, 1.165) is 24.3 Å². The van der Waals surface area contributed by atoms with Gasteiger partial charge in [0.15, 0.2) is 11.2 Å². The SMILES string of the molecule is O=C(CCCCc1ccc(S(=O)(=O)O)c(Nc2cc(S(=O)(=O)O)c3nc(=O)c(=C(O)c4ccccc4)c4c5ccccc5c(=O)c2c3=4)c1)c1cccc(S(=O)(=O)O)c1. The third kappa shape index (κ3) is 7.63. The number of anilines is 2. The van der Waals surface area contributed by atoms with E-state index < -0.39 is 73.1 Å². The number of ketones is 1. The molecule has 0 saturated carbocycles. The monoisotopic (exact) mass is 842 g/mol. The molecule has 1 aliphatic carbocycles. The fourth-order valence-electron chi connectivity index (χ4n) is 6.98. The molecule has 0 radical (unpaired) electrons. The maximum atomic E-state index is 14.4. The largest absolute Gasteiger partial charge is 0.506 e. The third-order valence-corrected chi connectivity index (χ3v) is 12.2. The lowest BCUT2D eigenvalue weighted by molar-refractivity contribution is 0.0979. The summed E-state index contributed by atoms with van der Waals surface area (Å²) in [6.45, 7) is 0. The van der Waals surface area contributed by atoms with Gasteiger partial charge >= 0.3 is 0 Å². The molecule has 0 amide bonds. The first kappa shape index (κ1) is 40.1. The number of hydrogen-bond donors (Lipinski definition) is 5. The lowest BCUT2D eigenvalue weighted by Crippen LogP contribution is -2.33. The fourth-order valence-corrected chi connectivity index (χ4v) is 8.79. The number of Topliss-reactive ketones (excluding diaryl/α,β-unsaturated/α-hetero) is 1. The van der Waals surface area contributed by atoms with E-state index in [4.69, 9.17) is 0 Å². The predicted octanol–water partition coefficient (Wildman–Crippen LogP) is 4.78. The molecule has 0 spiro atoms. The summed E-state index contributed by atoms with van der Waals surface area (Å²) in [7, 11) is -14.7. The Hall–Kier alpha value is -6.15. The highest BCUT2D eigenvalue weighted by Gasteiger charge is 2.26. The second-order valence-corrected chi connectivity index (χ2v) is 17.5. The average Bonchev–Trinajstić information content (AvgIpc) is 3.17. The zero-order chi connectivity index (χ0) is 41.7. The molecular weight excluding hydrogens is 813 g/mol. The van der Waals surface area contributed by atoms with Crippen LogP contribution < -0.4 is 21.5 Å². The number of hydrogen-bond acceptors (Lipinski definition) is 12. The molecule has 1 aliphatic heterocycles. The van der Waals surface area contributed by atoms with Gasteiger partial charge in [0.25, 0.3) is 35.9 Å². The highest BCUT2D eigenvalue weighted by atomic mass is 32.2. The summed E-state index contributed by atoms with van der Waals surface area (Å²) in [6.07, 6.45) is 0.885. The summed E-state index contributed by atoms with van der Waals surface area (Å²) in [5, 5.41) is 13.5. The number of aliphatic hydroxyl groups excluding tert-OH is 1. The van der Waals surface area contributed by atoms with Gasteiger partial charge < -0.3 is 10.4 Å². The molecule has 0 bridgehead atoms. The minimum atomic E-state index is -5.22. The molecule has 0 atom stereocenters. The Morgan fingerprint density at radius 2 is 1.29 bits per heavy atom. The van der Waals surface area contributed by atoms with Crippen LogP contribution in [0, 0.1) is 10.4 Å². The number of unbranched alkanes of at least 4 members (excludes halogenated alkanes) is 1. The van der Waals surface area contributed by atoms with Crippen LogP contribution in [0.2, 0.25) is 0 Å². The first-order valence-corrected chi connectivity index (χ1v) is 21.6. The number of benzene rings is 5. The van der Waals surface area contributed by atoms with Gasteiger partial charge in [-0.25, -0.2) is 4.98 Å². The van der Waals surface area contributed by atoms with E-state index in [1.54, 1.807) is 30.3 Å². The molecule has 15 nitrogen and oxygen atoms in total. The topological polar surface area (TPSA) is 259 Å². The van der Waals surface area contributed by atoms with Crippen LogP contribution in [0.4, 0.5) is 11.4 Å². The zero-order valence-corrected chi connectivity index (χ0v) is 32.2. The molecule has 7 rings (SSSR count). The molecule has 0 saturated heterocycles. The normalized spacial score (nSPS) is 12.9. The second kappa shape index (κ2) is 15.0. The van der Waals surface area contributed by atoms with E-state index in [9.17, 15) is 58.4 Å². The molecule has 296 valence electrons. The molecule has 5 N–H and O–H groups in total. The Labute approximate surface area is 329 Å². The fraction of sp³-hybridized carbons (Fsp3) is 0.100. The minimum Gasteiger partial charge on any atom is -0.506 e. The van der Waals surface area contributed by atoms with E-state index in [2.05, 4.69) is 10.3 Å². The first-order chi connectivity index (χ1) is 27.3. The maximum absolute atomic E-state index is 14.4. The minimum absolute atomic E-state index is 0.00767. The Morgan fingerprint density at radius 1 is 0.638 bits per heavy atom. The summed E-state index contributed by atoms with van der Waals surface area (Å²) >= 11 is 0. The number of nitrogens with one attached hydrogen (secondary N) is 1. The zero-order valence-electron chi connectivity index (χ0n) is 29.8. The van der Waals surface area contributed by atoms with Crippen LogP contribution in [0.1, 0.15) is 40.7 Å². The number of carbonyl (C=O) groups excluding carboxylic acids is 1. The van der Waals surface area contributed by atoms with Gasteiger partial charge in [-0.3, -0.25) is 28.0 Å². The molecule has 0 aromatic heterocycles. The van der Waals surface area contributed by atoms with Crippen LogP contribution in [0.3, 0.4) is 0 Å². The van der Waals surface area contributed by atoms with Crippen molar-refractivity contribution in [2.45, 2.75) is 40.4 Å². The van der Waals surface area contributed by atoms with Gasteiger partial charge in [-0.2, -0.15) is 25.3 Å². The molecule has 1 heterocycles. The molecule has 2 aliphatic rings. The van der Waals surface area contributed by atoms with Crippen molar-refractivity contribution < 1.29 is 48.8 Å². The van der Waals surface area contributed by atoms with Crippen molar-refractivity contribution in [3.8, 4) is 0 Å². The first-order valence-electron chi connectivity index (χ1n) is 17.3. The summed E-state index contributed by atoms with van der Waals surface area (Å²) < 4.78 is 104. The van der Waals surface area contributed by atoms with Crippen molar-refractivity contribution in [1.29, 1.82) is 0 Å². The Balaban J connectivity index is 1.38. The Morgan fingerprint density at radius 3 is 1.97 bits per heavy atom. The summed E-state index contributed by atoms with van der Waals surface area (Å²) in [4.78, 5) is 42.9. The van der Waals surface area contributed by atoms with Gasteiger partial charge in [-0.1, -0.05) is 72.8 Å². The van der Waals surface area contributed by atoms with Crippen LogP contribution in [-0.2, 0) is 36.8 Å². The van der Waals surface area contributed by atoms with Gasteiger partial charge in [0, 0.05) is 33.4 Å². The standard InChI is InChI=1S/C40H30N2O13S3/c43-30(24-12-8-13-25(20-24)56(47,48)49)16-7-4-9-22-17-18-31(57(50,51)52)28(19-22)41-29-21-32(58(53,54)55)37-35-33(26-14-5-6-15-27(26)39(45)34(29)35)36(40(46)42-37)38(44)23-10-2-1-3-11-23/h1-3,5-6,8,10-15,17-21,41,44H,4,7,9,16H2,(H,47,48,49)(H,50,51,52)(H,53,54,55). The number of rotatable bonds is 12. The van der Waals surface area contributed by atoms with E-state index in [1.807, 2.05) is 0 Å². The van der Waals surface area contributed by atoms with E-state index in [1.165, 1.54) is 48.5 Å². The van der Waals surface area contributed by atoms with Crippen molar-refractivity contribution in [3.63, 3.8) is 0 Å². The number of aryl methyl sites for hydroxylation is 1. The van der Waals surface area contributed by atoms with Crippen LogP contribution in [0.15, 0.2) is 127 Å². The van der Waals surface area contributed by atoms with Gasteiger partial charge in [0.05, 0.1) is 32.4 Å². The van der Waals surface area contributed by atoms with Crippen LogP contribution in [0.5, 0.6) is 0 Å². The van der Waals surface area contributed by atoms with Gasteiger partial charge in [-0.05, 0) is 60.5 Å². The second-order valence-electron chi connectivity index (χ2n) is 13.3. The lowest BCUT2D eigenvalue weighted by atomic mass is 9.96. The highest BCUT2D eigenvalue weighted by Crippen LogP contribution is 2.34. The predicted molar refractivity (Wildman–Crippen MR) is 213 cm³/mol. The highest BCUT2D eigenvalue weighted by molar-refractivity contribution is 7.86. The van der Waals surface area contributed by atoms with Crippen LogP contribution >= 0.6 is 0 Å². The number of carbonyl (C=O) groups is 1. The smallest absolute Gasteiger partial charge is 0.296 e. The molecule has 0 fully saturated rings. The number of aliphatic hydroxyl groups is 1. The number of nitrogens with zero attached hydrogens (tertiary/aromatic N) is 1. The van der Waals surface area contributed by atoms with E-state index >= 15 is 0 Å². The molecular formula is C40H30N2O13S3. The van der Waals surface area contributed by atoms with Crippen molar-refractivity contribution in [2.75, 3.05) is 5.32 Å². The van der Waals surface area contributed by atoms with Gasteiger partial charge in [-0.15, -0.1) is 0 Å². The van der Waals surface area contributed by atoms with Crippen molar-refractivity contribution in [1.82, 2.24) is 4.98 Å². The van der Waals surface area contributed by atoms with E-state index in [0.29, 0.717) is 18.4 Å².